The first-order chi connectivity index (χ1) is 5.27. The minimum Gasteiger partial charge on any atom is -0.395 e. The summed E-state index contributed by atoms with van der Waals surface area (Å²) in [6.07, 6.45) is 2.66. The lowest BCUT2D eigenvalue weighted by molar-refractivity contribution is 0.121. The van der Waals surface area contributed by atoms with Gasteiger partial charge in [0.1, 0.15) is 0 Å². The van der Waals surface area contributed by atoms with Crippen molar-refractivity contribution in [3.63, 3.8) is 0 Å². The first-order valence-electron chi connectivity index (χ1n) is 4.33. The molecule has 1 saturated heterocycles. The number of rotatable bonds is 3. The zero-order chi connectivity index (χ0) is 8.27. The van der Waals surface area contributed by atoms with Gasteiger partial charge in [-0.05, 0) is 12.8 Å². The summed E-state index contributed by atoms with van der Waals surface area (Å²) in [6, 6.07) is 0.318. The molecule has 0 bridgehead atoms. The van der Waals surface area contributed by atoms with Gasteiger partial charge >= 0.3 is 0 Å². The average molecular weight is 159 g/mol. The molecular formula is C8H17NO2. The molecule has 3 atom stereocenters. The summed E-state index contributed by atoms with van der Waals surface area (Å²) in [5.74, 6) is 0. The van der Waals surface area contributed by atoms with Crippen LogP contribution in [0.1, 0.15) is 26.2 Å². The van der Waals surface area contributed by atoms with Crippen LogP contribution >= 0.6 is 0 Å². The molecule has 0 saturated carbocycles. The molecule has 0 aliphatic carbocycles. The Labute approximate surface area is 67.4 Å². The van der Waals surface area contributed by atoms with Crippen LogP contribution in [-0.2, 0) is 0 Å². The molecule has 66 valence electrons. The van der Waals surface area contributed by atoms with Gasteiger partial charge < -0.3 is 15.5 Å². The number of aliphatic hydroxyl groups excluding tert-OH is 2. The molecule has 3 heteroatoms. The van der Waals surface area contributed by atoms with Crippen LogP contribution < -0.4 is 5.32 Å². The summed E-state index contributed by atoms with van der Waals surface area (Å²) in [7, 11) is 0. The Kier molecular flexibility index (Phi) is 3.30. The highest BCUT2D eigenvalue weighted by molar-refractivity contribution is 4.89. The topological polar surface area (TPSA) is 52.5 Å². The smallest absolute Gasteiger partial charge is 0.0730 e. The molecule has 1 rings (SSSR count). The average Bonchev–Trinajstić information content (AvgIpc) is 2.32. The molecule has 0 aromatic carbocycles. The number of aliphatic hydroxyl groups is 2. The van der Waals surface area contributed by atoms with Gasteiger partial charge in [0.15, 0.2) is 0 Å². The van der Waals surface area contributed by atoms with Gasteiger partial charge in [0.2, 0.25) is 0 Å². The fraction of sp³-hybridized carbons (Fsp3) is 1.00. The Balaban J connectivity index is 2.30. The quantitative estimate of drug-likeness (QED) is 0.537. The molecule has 1 fully saturated rings. The van der Waals surface area contributed by atoms with Gasteiger partial charge in [0.25, 0.3) is 0 Å². The fourth-order valence-electron chi connectivity index (χ4n) is 1.66. The molecule has 1 aliphatic rings. The molecule has 1 aliphatic heterocycles. The van der Waals surface area contributed by atoms with Crippen molar-refractivity contribution in [3.05, 3.63) is 0 Å². The summed E-state index contributed by atoms with van der Waals surface area (Å²) in [5.41, 5.74) is 0. The molecule has 1 heterocycles. The number of nitrogens with one attached hydrogen (secondary N) is 1. The molecule has 0 aromatic heterocycles. The predicted molar refractivity (Wildman–Crippen MR) is 43.3 cm³/mol. The maximum atomic E-state index is 9.36. The number of hydrogen-bond donors (Lipinski definition) is 3. The molecule has 0 unspecified atom stereocenters. The predicted octanol–water partition coefficient (Wildman–Crippen LogP) is -0.130. The van der Waals surface area contributed by atoms with Crippen molar-refractivity contribution < 1.29 is 10.2 Å². The van der Waals surface area contributed by atoms with E-state index in [-0.39, 0.29) is 18.8 Å². The molecule has 0 spiro atoms. The van der Waals surface area contributed by atoms with E-state index < -0.39 is 0 Å². The van der Waals surface area contributed by atoms with Gasteiger partial charge in [-0.3, -0.25) is 0 Å². The van der Waals surface area contributed by atoms with E-state index in [2.05, 4.69) is 12.2 Å². The van der Waals surface area contributed by atoms with Crippen LogP contribution in [-0.4, -0.2) is 35.0 Å². The molecule has 3 N–H and O–H groups in total. The highest BCUT2D eigenvalue weighted by atomic mass is 16.3. The van der Waals surface area contributed by atoms with E-state index >= 15 is 0 Å². The monoisotopic (exact) mass is 159 g/mol. The molecule has 0 radical (unpaired) electrons. The summed E-state index contributed by atoms with van der Waals surface area (Å²) in [4.78, 5) is 0. The van der Waals surface area contributed by atoms with E-state index in [1.807, 2.05) is 0 Å². The maximum Gasteiger partial charge on any atom is 0.0730 e. The van der Waals surface area contributed by atoms with E-state index in [4.69, 9.17) is 5.11 Å². The summed E-state index contributed by atoms with van der Waals surface area (Å²) < 4.78 is 0. The second-order valence-corrected chi connectivity index (χ2v) is 3.24. The van der Waals surface area contributed by atoms with Crippen molar-refractivity contribution >= 4 is 0 Å². The minimum absolute atomic E-state index is 0.0430. The first-order valence-corrected chi connectivity index (χ1v) is 4.33. The molecule has 0 aromatic rings. The van der Waals surface area contributed by atoms with E-state index in [9.17, 15) is 5.11 Å². The lowest BCUT2D eigenvalue weighted by Crippen LogP contribution is -2.36. The van der Waals surface area contributed by atoms with Crippen LogP contribution in [0.25, 0.3) is 0 Å². The third-order valence-corrected chi connectivity index (χ3v) is 2.27. The highest BCUT2D eigenvalue weighted by Gasteiger charge is 2.30. The SMILES string of the molecule is CCC[C@H]1C[C@@H](O)[C@H](CO)N1. The standard InChI is InChI=1S/C8H17NO2/c1-2-3-6-4-8(11)7(5-10)9-6/h6-11H,2-5H2,1H3/t6-,7-,8+/m0/s1. The summed E-state index contributed by atoms with van der Waals surface area (Å²) >= 11 is 0. The van der Waals surface area contributed by atoms with Crippen LogP contribution in [0.4, 0.5) is 0 Å². The fourth-order valence-corrected chi connectivity index (χ4v) is 1.66. The Morgan fingerprint density at radius 3 is 2.73 bits per heavy atom. The summed E-state index contributed by atoms with van der Waals surface area (Å²) in [5, 5.41) is 21.4. The third kappa shape index (κ3) is 2.15. The zero-order valence-electron chi connectivity index (χ0n) is 6.95. The van der Waals surface area contributed by atoms with Crippen LogP contribution in [0.15, 0.2) is 0 Å². The highest BCUT2D eigenvalue weighted by Crippen LogP contribution is 2.16. The van der Waals surface area contributed by atoms with Gasteiger partial charge in [0, 0.05) is 6.04 Å². The van der Waals surface area contributed by atoms with E-state index in [0.29, 0.717) is 6.04 Å². The maximum absolute atomic E-state index is 9.36. The largest absolute Gasteiger partial charge is 0.395 e. The van der Waals surface area contributed by atoms with Gasteiger partial charge in [-0.15, -0.1) is 0 Å². The second-order valence-electron chi connectivity index (χ2n) is 3.24. The molecule has 0 amide bonds. The van der Waals surface area contributed by atoms with E-state index in [0.717, 1.165) is 19.3 Å². The Bertz CT molecular complexity index is 119. The lowest BCUT2D eigenvalue weighted by Gasteiger charge is -2.11. The van der Waals surface area contributed by atoms with E-state index in [1.165, 1.54) is 0 Å². The van der Waals surface area contributed by atoms with E-state index in [1.54, 1.807) is 0 Å². The molecule has 11 heavy (non-hydrogen) atoms. The van der Waals surface area contributed by atoms with Gasteiger partial charge in [0.05, 0.1) is 18.8 Å². The first kappa shape index (κ1) is 8.97. The second kappa shape index (κ2) is 4.04. The van der Waals surface area contributed by atoms with Crippen molar-refractivity contribution in [1.29, 1.82) is 0 Å². The van der Waals surface area contributed by atoms with Crippen molar-refractivity contribution in [2.75, 3.05) is 6.61 Å². The van der Waals surface area contributed by atoms with Crippen molar-refractivity contribution in [1.82, 2.24) is 5.32 Å². The molecule has 3 nitrogen and oxygen atoms in total. The van der Waals surface area contributed by atoms with Crippen molar-refractivity contribution in [3.8, 4) is 0 Å². The van der Waals surface area contributed by atoms with Crippen molar-refractivity contribution in [2.24, 2.45) is 0 Å². The Morgan fingerprint density at radius 1 is 1.55 bits per heavy atom. The Morgan fingerprint density at radius 2 is 2.27 bits per heavy atom. The number of hydrogen-bond acceptors (Lipinski definition) is 3. The van der Waals surface area contributed by atoms with Crippen LogP contribution in [0.5, 0.6) is 0 Å². The normalized spacial score (nSPS) is 37.9. The van der Waals surface area contributed by atoms with Crippen LogP contribution in [0.2, 0.25) is 0 Å². The third-order valence-electron chi connectivity index (χ3n) is 2.27. The van der Waals surface area contributed by atoms with Gasteiger partial charge in [-0.25, -0.2) is 0 Å². The molecular weight excluding hydrogens is 142 g/mol. The summed E-state index contributed by atoms with van der Waals surface area (Å²) in [6.45, 7) is 2.17. The zero-order valence-corrected chi connectivity index (χ0v) is 6.95. The Hall–Kier alpha value is -0.120. The van der Waals surface area contributed by atoms with Gasteiger partial charge in [-0.1, -0.05) is 13.3 Å². The van der Waals surface area contributed by atoms with Gasteiger partial charge in [-0.2, -0.15) is 0 Å². The van der Waals surface area contributed by atoms with Crippen LogP contribution in [0, 0.1) is 0 Å². The minimum atomic E-state index is -0.350. The lowest BCUT2D eigenvalue weighted by atomic mass is 10.1. The van der Waals surface area contributed by atoms with Crippen molar-refractivity contribution in [2.45, 2.75) is 44.4 Å². The van der Waals surface area contributed by atoms with Crippen LogP contribution in [0.3, 0.4) is 0 Å².